The molecule has 0 bridgehead atoms. The maximum absolute atomic E-state index is 5.63. The Labute approximate surface area is 62.6 Å². The summed E-state index contributed by atoms with van der Waals surface area (Å²) in [5.74, 6) is 0. The predicted octanol–water partition coefficient (Wildman–Crippen LogP) is 2.21. The van der Waals surface area contributed by atoms with Crippen LogP contribution in [0.4, 0.5) is 0 Å². The van der Waals surface area contributed by atoms with Gasteiger partial charge in [0.25, 0.3) is 0 Å². The highest BCUT2D eigenvalue weighted by Crippen LogP contribution is 2.33. The van der Waals surface area contributed by atoms with E-state index in [2.05, 4.69) is 32.9 Å². The van der Waals surface area contributed by atoms with Crippen molar-refractivity contribution < 1.29 is 0 Å². The average molecular weight is 137 g/mol. The van der Waals surface area contributed by atoms with Crippen LogP contribution in [0.3, 0.4) is 0 Å². The van der Waals surface area contributed by atoms with Gasteiger partial charge in [-0.05, 0) is 24.8 Å². The highest BCUT2D eigenvalue weighted by atomic mass is 14.6. The lowest BCUT2D eigenvalue weighted by molar-refractivity contribution is 0.446. The third-order valence-corrected chi connectivity index (χ3v) is 2.30. The third-order valence-electron chi connectivity index (χ3n) is 2.30. The lowest BCUT2D eigenvalue weighted by atomic mass is 9.79. The Balaban J connectivity index is 2.88. The molecule has 1 heteroatoms. The van der Waals surface area contributed by atoms with Crippen molar-refractivity contribution in [2.45, 2.75) is 27.2 Å². The molecule has 0 fully saturated rings. The maximum atomic E-state index is 5.63. The van der Waals surface area contributed by atoms with E-state index in [9.17, 15) is 0 Å². The molecule has 1 aliphatic rings. The van der Waals surface area contributed by atoms with E-state index < -0.39 is 0 Å². The molecule has 56 valence electrons. The topological polar surface area (TPSA) is 26.0 Å². The largest absolute Gasteiger partial charge is 0.399 e. The first-order valence-electron chi connectivity index (χ1n) is 3.67. The zero-order valence-corrected chi connectivity index (χ0v) is 6.94. The van der Waals surface area contributed by atoms with Crippen molar-refractivity contribution in [1.82, 2.24) is 0 Å². The smallest absolute Gasteiger partial charge is 0.0273 e. The molecule has 1 rings (SSSR count). The van der Waals surface area contributed by atoms with Crippen LogP contribution in [0.25, 0.3) is 0 Å². The monoisotopic (exact) mass is 137 g/mol. The Bertz CT molecular complexity index is 197. The summed E-state index contributed by atoms with van der Waals surface area (Å²) < 4.78 is 0. The minimum atomic E-state index is 0.322. The van der Waals surface area contributed by atoms with Crippen molar-refractivity contribution in [2.24, 2.45) is 11.1 Å². The highest BCUT2D eigenvalue weighted by molar-refractivity contribution is 5.28. The minimum absolute atomic E-state index is 0.322. The van der Waals surface area contributed by atoms with Gasteiger partial charge in [-0.15, -0.1) is 0 Å². The molecule has 1 nitrogen and oxygen atoms in total. The number of rotatable bonds is 0. The zero-order valence-electron chi connectivity index (χ0n) is 6.94. The Kier molecular flexibility index (Phi) is 1.59. The van der Waals surface area contributed by atoms with Crippen molar-refractivity contribution in [3.8, 4) is 0 Å². The Hall–Kier alpha value is -0.720. The summed E-state index contributed by atoms with van der Waals surface area (Å²) in [5.41, 5.74) is 8.25. The van der Waals surface area contributed by atoms with Crippen molar-refractivity contribution in [1.29, 1.82) is 0 Å². The van der Waals surface area contributed by atoms with E-state index in [1.807, 2.05) is 0 Å². The van der Waals surface area contributed by atoms with Crippen LogP contribution in [0, 0.1) is 5.41 Å². The normalized spacial score (nSPS) is 23.5. The lowest BCUT2D eigenvalue weighted by Crippen LogP contribution is -2.16. The minimum Gasteiger partial charge on any atom is -0.399 e. The summed E-state index contributed by atoms with van der Waals surface area (Å²) in [7, 11) is 0. The molecule has 1 aliphatic carbocycles. The van der Waals surface area contributed by atoms with Gasteiger partial charge in [0.15, 0.2) is 0 Å². The first-order chi connectivity index (χ1) is 4.52. The molecule has 0 radical (unpaired) electrons. The second-order valence-electron chi connectivity index (χ2n) is 3.62. The molecule has 0 spiro atoms. The van der Waals surface area contributed by atoms with E-state index in [-0.39, 0.29) is 0 Å². The number of hydrogen-bond donors (Lipinski definition) is 1. The predicted molar refractivity (Wildman–Crippen MR) is 44.4 cm³/mol. The molecule has 0 aromatic rings. The van der Waals surface area contributed by atoms with Crippen LogP contribution >= 0.6 is 0 Å². The third kappa shape index (κ3) is 1.23. The summed E-state index contributed by atoms with van der Waals surface area (Å²) >= 11 is 0. The molecule has 0 aliphatic heterocycles. The van der Waals surface area contributed by atoms with Gasteiger partial charge >= 0.3 is 0 Å². The van der Waals surface area contributed by atoms with Crippen LogP contribution in [0.5, 0.6) is 0 Å². The van der Waals surface area contributed by atoms with Crippen molar-refractivity contribution >= 4 is 0 Å². The molecular weight excluding hydrogens is 122 g/mol. The summed E-state index contributed by atoms with van der Waals surface area (Å²) in [6, 6.07) is 0. The van der Waals surface area contributed by atoms with E-state index in [1.165, 1.54) is 5.57 Å². The lowest BCUT2D eigenvalue weighted by Gasteiger charge is -2.27. The molecule has 0 aromatic carbocycles. The zero-order chi connectivity index (χ0) is 7.78. The van der Waals surface area contributed by atoms with Crippen LogP contribution in [-0.4, -0.2) is 0 Å². The highest BCUT2D eigenvalue weighted by Gasteiger charge is 2.21. The van der Waals surface area contributed by atoms with Crippen molar-refractivity contribution in [3.05, 3.63) is 23.4 Å². The molecule has 0 saturated carbocycles. The van der Waals surface area contributed by atoms with Gasteiger partial charge in [-0.25, -0.2) is 0 Å². The van der Waals surface area contributed by atoms with Gasteiger partial charge in [-0.3, -0.25) is 0 Å². The second-order valence-corrected chi connectivity index (χ2v) is 3.62. The van der Waals surface area contributed by atoms with Gasteiger partial charge in [0.1, 0.15) is 0 Å². The number of nitrogens with two attached hydrogens (primary N) is 1. The van der Waals surface area contributed by atoms with Gasteiger partial charge in [0, 0.05) is 5.70 Å². The molecule has 2 N–H and O–H groups in total. The summed E-state index contributed by atoms with van der Waals surface area (Å²) in [6.45, 7) is 6.61. The Morgan fingerprint density at radius 1 is 1.50 bits per heavy atom. The molecule has 0 atom stereocenters. The second kappa shape index (κ2) is 2.15. The van der Waals surface area contributed by atoms with Crippen LogP contribution in [0.1, 0.15) is 27.2 Å². The molecule has 0 heterocycles. The standard InChI is InChI=1S/C9H15N/c1-7-6-8(10)4-5-9(7,2)3/h4,6H,5,10H2,1-3H3. The van der Waals surface area contributed by atoms with Crippen LogP contribution < -0.4 is 5.73 Å². The summed E-state index contributed by atoms with van der Waals surface area (Å²) in [5, 5.41) is 0. The van der Waals surface area contributed by atoms with E-state index in [4.69, 9.17) is 5.73 Å². The maximum Gasteiger partial charge on any atom is 0.0273 e. The molecule has 10 heavy (non-hydrogen) atoms. The summed E-state index contributed by atoms with van der Waals surface area (Å²) in [6.07, 6.45) is 5.22. The number of allylic oxidation sites excluding steroid dienone is 3. The quantitative estimate of drug-likeness (QED) is 0.544. The van der Waals surface area contributed by atoms with Gasteiger partial charge in [-0.1, -0.05) is 25.5 Å². The fourth-order valence-electron chi connectivity index (χ4n) is 1.04. The first kappa shape index (κ1) is 7.39. The van der Waals surface area contributed by atoms with Gasteiger partial charge in [0.05, 0.1) is 0 Å². The Morgan fingerprint density at radius 2 is 2.10 bits per heavy atom. The van der Waals surface area contributed by atoms with Crippen LogP contribution in [0.15, 0.2) is 23.4 Å². The molecule has 0 aromatic heterocycles. The van der Waals surface area contributed by atoms with E-state index >= 15 is 0 Å². The van der Waals surface area contributed by atoms with Crippen LogP contribution in [-0.2, 0) is 0 Å². The van der Waals surface area contributed by atoms with Gasteiger partial charge in [0.2, 0.25) is 0 Å². The summed E-state index contributed by atoms with van der Waals surface area (Å²) in [4.78, 5) is 0. The van der Waals surface area contributed by atoms with Gasteiger partial charge < -0.3 is 5.73 Å². The first-order valence-corrected chi connectivity index (χ1v) is 3.67. The Morgan fingerprint density at radius 3 is 2.50 bits per heavy atom. The van der Waals surface area contributed by atoms with Crippen molar-refractivity contribution in [2.75, 3.05) is 0 Å². The van der Waals surface area contributed by atoms with Crippen molar-refractivity contribution in [3.63, 3.8) is 0 Å². The van der Waals surface area contributed by atoms with E-state index in [0.717, 1.165) is 12.1 Å². The fourth-order valence-corrected chi connectivity index (χ4v) is 1.04. The molecule has 0 unspecified atom stereocenters. The fraction of sp³-hybridized carbons (Fsp3) is 0.556. The SMILES string of the molecule is CC1=CC(N)=CCC1(C)C. The number of hydrogen-bond acceptors (Lipinski definition) is 1. The molecule has 0 saturated heterocycles. The molecular formula is C9H15N. The average Bonchev–Trinajstić information content (AvgIpc) is 1.81. The van der Waals surface area contributed by atoms with Gasteiger partial charge in [-0.2, -0.15) is 0 Å². The van der Waals surface area contributed by atoms with E-state index in [1.54, 1.807) is 0 Å². The van der Waals surface area contributed by atoms with E-state index in [0.29, 0.717) is 5.41 Å². The molecule has 0 amide bonds. The van der Waals surface area contributed by atoms with Crippen LogP contribution in [0.2, 0.25) is 0 Å².